The number of carbonyl (C=O) groups excluding carboxylic acids is 1. The van der Waals surface area contributed by atoms with Crippen molar-refractivity contribution in [1.82, 2.24) is 5.32 Å². The Morgan fingerprint density at radius 2 is 2.16 bits per heavy atom. The van der Waals surface area contributed by atoms with E-state index in [1.165, 1.54) is 19.2 Å². The van der Waals surface area contributed by atoms with Gasteiger partial charge in [-0.25, -0.2) is 0 Å². The van der Waals surface area contributed by atoms with Crippen LogP contribution in [0, 0.1) is 5.92 Å². The number of aromatic hydroxyl groups is 1. The number of halogens is 1. The molecule has 19 heavy (non-hydrogen) atoms. The summed E-state index contributed by atoms with van der Waals surface area (Å²) in [5.41, 5.74) is 0.222. The van der Waals surface area contributed by atoms with Crippen molar-refractivity contribution in [3.8, 4) is 11.5 Å². The van der Waals surface area contributed by atoms with Gasteiger partial charge < -0.3 is 15.2 Å². The highest BCUT2D eigenvalue weighted by atomic mass is 35.5. The van der Waals surface area contributed by atoms with Gasteiger partial charge in [0.2, 0.25) is 0 Å². The molecule has 0 aliphatic rings. The van der Waals surface area contributed by atoms with Crippen molar-refractivity contribution in [2.75, 3.05) is 13.0 Å². The van der Waals surface area contributed by atoms with Gasteiger partial charge in [0.25, 0.3) is 5.91 Å². The van der Waals surface area contributed by atoms with Gasteiger partial charge >= 0.3 is 0 Å². The fourth-order valence-corrected chi connectivity index (χ4v) is 2.03. The van der Waals surface area contributed by atoms with Crippen LogP contribution in [0.15, 0.2) is 18.2 Å². The molecule has 1 unspecified atom stereocenters. The molecule has 5 heteroatoms. The van der Waals surface area contributed by atoms with Crippen molar-refractivity contribution in [1.29, 1.82) is 0 Å². The average Bonchev–Trinajstić information content (AvgIpc) is 2.36. The summed E-state index contributed by atoms with van der Waals surface area (Å²) in [6.45, 7) is 4.13. The first-order valence-electron chi connectivity index (χ1n) is 6.21. The highest BCUT2D eigenvalue weighted by Gasteiger charge is 2.17. The standard InChI is InChI=1S/C14H20ClNO3/c1-9(2)6-10(8-15)16-14(18)12-5-4-11(19-3)7-13(12)17/h4-5,7,9-10,17H,6,8H2,1-3H3,(H,16,18). The van der Waals surface area contributed by atoms with E-state index >= 15 is 0 Å². The van der Waals surface area contributed by atoms with E-state index in [9.17, 15) is 9.90 Å². The first-order valence-corrected chi connectivity index (χ1v) is 6.75. The normalized spacial score (nSPS) is 12.3. The van der Waals surface area contributed by atoms with Gasteiger partial charge in [0.15, 0.2) is 0 Å². The van der Waals surface area contributed by atoms with Gasteiger partial charge in [0, 0.05) is 18.0 Å². The molecule has 0 spiro atoms. The van der Waals surface area contributed by atoms with Crippen molar-refractivity contribution in [3.63, 3.8) is 0 Å². The smallest absolute Gasteiger partial charge is 0.255 e. The molecule has 0 aliphatic heterocycles. The second-order valence-corrected chi connectivity index (χ2v) is 5.15. The van der Waals surface area contributed by atoms with Gasteiger partial charge in [-0.1, -0.05) is 13.8 Å². The van der Waals surface area contributed by atoms with Crippen LogP contribution in [0.2, 0.25) is 0 Å². The summed E-state index contributed by atoms with van der Waals surface area (Å²) in [7, 11) is 1.50. The lowest BCUT2D eigenvalue weighted by Gasteiger charge is -2.18. The Kier molecular flexibility index (Phi) is 5.96. The Labute approximate surface area is 118 Å². The molecule has 0 bridgehead atoms. The maximum Gasteiger partial charge on any atom is 0.255 e. The van der Waals surface area contributed by atoms with E-state index in [-0.39, 0.29) is 23.3 Å². The monoisotopic (exact) mass is 285 g/mol. The third-order valence-electron chi connectivity index (χ3n) is 2.73. The number of methoxy groups -OCH3 is 1. The Bertz CT molecular complexity index is 435. The predicted molar refractivity (Wildman–Crippen MR) is 76.1 cm³/mol. The van der Waals surface area contributed by atoms with Crippen molar-refractivity contribution in [3.05, 3.63) is 23.8 Å². The molecular formula is C14H20ClNO3. The number of nitrogens with one attached hydrogen (secondary N) is 1. The number of alkyl halides is 1. The largest absolute Gasteiger partial charge is 0.507 e. The quantitative estimate of drug-likeness (QED) is 0.790. The highest BCUT2D eigenvalue weighted by Crippen LogP contribution is 2.23. The van der Waals surface area contributed by atoms with Crippen LogP contribution in [0.1, 0.15) is 30.6 Å². The lowest BCUT2D eigenvalue weighted by Crippen LogP contribution is -2.37. The molecule has 0 fully saturated rings. The van der Waals surface area contributed by atoms with Crippen LogP contribution in [0.4, 0.5) is 0 Å². The van der Waals surface area contributed by atoms with Gasteiger partial charge in [-0.3, -0.25) is 4.79 Å². The number of hydrogen-bond donors (Lipinski definition) is 2. The molecule has 1 rings (SSSR count). The van der Waals surface area contributed by atoms with Gasteiger partial charge in [-0.2, -0.15) is 0 Å². The molecule has 0 saturated carbocycles. The summed E-state index contributed by atoms with van der Waals surface area (Å²) in [6.07, 6.45) is 0.798. The van der Waals surface area contributed by atoms with Gasteiger partial charge in [-0.15, -0.1) is 11.6 Å². The van der Waals surface area contributed by atoms with Gasteiger partial charge in [-0.05, 0) is 24.5 Å². The number of ether oxygens (including phenoxy) is 1. The van der Waals surface area contributed by atoms with Crippen molar-refractivity contribution >= 4 is 17.5 Å². The molecule has 1 atom stereocenters. The molecule has 106 valence electrons. The van der Waals surface area contributed by atoms with E-state index in [0.717, 1.165) is 6.42 Å². The zero-order valence-corrected chi connectivity index (χ0v) is 12.2. The van der Waals surface area contributed by atoms with E-state index < -0.39 is 0 Å². The Morgan fingerprint density at radius 1 is 1.47 bits per heavy atom. The third-order valence-corrected chi connectivity index (χ3v) is 3.10. The predicted octanol–water partition coefficient (Wildman–Crippen LogP) is 2.78. The molecule has 1 aromatic rings. The third kappa shape index (κ3) is 4.63. The summed E-state index contributed by atoms with van der Waals surface area (Å²) in [5, 5.41) is 12.6. The van der Waals surface area contributed by atoms with Crippen LogP contribution < -0.4 is 10.1 Å². The van der Waals surface area contributed by atoms with Gasteiger partial charge in [0.05, 0.1) is 12.7 Å². The summed E-state index contributed by atoms with van der Waals surface area (Å²) in [5.74, 6) is 0.862. The van der Waals surface area contributed by atoms with Crippen molar-refractivity contribution < 1.29 is 14.6 Å². The number of phenolic OH excluding ortho intramolecular Hbond substituents is 1. The molecule has 2 N–H and O–H groups in total. The minimum Gasteiger partial charge on any atom is -0.507 e. The highest BCUT2D eigenvalue weighted by molar-refractivity contribution is 6.18. The second kappa shape index (κ2) is 7.24. The summed E-state index contributed by atoms with van der Waals surface area (Å²) >= 11 is 5.83. The fourth-order valence-electron chi connectivity index (χ4n) is 1.82. The zero-order valence-electron chi connectivity index (χ0n) is 11.4. The molecule has 0 heterocycles. The van der Waals surface area contributed by atoms with Crippen molar-refractivity contribution in [2.24, 2.45) is 5.92 Å². The number of benzene rings is 1. The summed E-state index contributed by atoms with van der Waals surface area (Å²) in [4.78, 5) is 12.0. The SMILES string of the molecule is COc1ccc(C(=O)NC(CCl)CC(C)C)c(O)c1. The van der Waals surface area contributed by atoms with Crippen LogP contribution >= 0.6 is 11.6 Å². The molecule has 1 aromatic carbocycles. The first kappa shape index (κ1) is 15.6. The first-order chi connectivity index (χ1) is 8.97. The minimum atomic E-state index is -0.327. The number of amides is 1. The number of carbonyl (C=O) groups is 1. The lowest BCUT2D eigenvalue weighted by molar-refractivity contribution is 0.0934. The zero-order chi connectivity index (χ0) is 14.4. The van der Waals surface area contributed by atoms with E-state index in [1.807, 2.05) is 0 Å². The van der Waals surface area contributed by atoms with Crippen LogP contribution in [0.3, 0.4) is 0 Å². The van der Waals surface area contributed by atoms with E-state index in [2.05, 4.69) is 19.2 Å². The molecule has 0 saturated heterocycles. The number of rotatable bonds is 6. The number of phenols is 1. The van der Waals surface area contributed by atoms with E-state index in [0.29, 0.717) is 17.5 Å². The summed E-state index contributed by atoms with van der Waals surface area (Å²) < 4.78 is 4.97. The van der Waals surface area contributed by atoms with Crippen LogP contribution in [-0.2, 0) is 0 Å². The maximum atomic E-state index is 12.0. The minimum absolute atomic E-state index is 0.101. The van der Waals surface area contributed by atoms with Crippen LogP contribution in [0.25, 0.3) is 0 Å². The fraction of sp³-hybridized carbons (Fsp3) is 0.500. The average molecular weight is 286 g/mol. The van der Waals surface area contributed by atoms with Crippen LogP contribution in [0.5, 0.6) is 11.5 Å². The Morgan fingerprint density at radius 3 is 2.63 bits per heavy atom. The topological polar surface area (TPSA) is 58.6 Å². The Balaban J connectivity index is 2.77. The molecule has 0 aliphatic carbocycles. The number of hydrogen-bond acceptors (Lipinski definition) is 3. The second-order valence-electron chi connectivity index (χ2n) is 4.84. The molecule has 0 aromatic heterocycles. The molecule has 0 radical (unpaired) electrons. The molecular weight excluding hydrogens is 266 g/mol. The maximum absolute atomic E-state index is 12.0. The summed E-state index contributed by atoms with van der Waals surface area (Å²) in [6, 6.07) is 4.47. The van der Waals surface area contributed by atoms with E-state index in [1.54, 1.807) is 6.07 Å². The molecule has 4 nitrogen and oxygen atoms in total. The molecule has 1 amide bonds. The van der Waals surface area contributed by atoms with Crippen molar-refractivity contribution in [2.45, 2.75) is 26.3 Å². The lowest BCUT2D eigenvalue weighted by atomic mass is 10.0. The van der Waals surface area contributed by atoms with Gasteiger partial charge in [0.1, 0.15) is 11.5 Å². The Hall–Kier alpha value is -1.42. The van der Waals surface area contributed by atoms with E-state index in [4.69, 9.17) is 16.3 Å². The van der Waals surface area contributed by atoms with Crippen LogP contribution in [-0.4, -0.2) is 30.0 Å².